The Labute approximate surface area is 118 Å². The molecule has 0 fully saturated rings. The highest BCUT2D eigenvalue weighted by molar-refractivity contribution is 7.46. The molecule has 0 aromatic carbocycles. The number of quaternary nitrogens is 1. The lowest BCUT2D eigenvalue weighted by molar-refractivity contribution is -0.876. The molecule has 2 N–H and O–H groups in total. The molecule has 8 nitrogen and oxygen atoms in total. The zero-order valence-corrected chi connectivity index (χ0v) is 13.1. The Morgan fingerprint density at radius 3 is 2.25 bits per heavy atom. The first-order valence-corrected chi connectivity index (χ1v) is 7.42. The number of likely N-dealkylation sites (N-methyl/N-ethyl adjacent to an activating group) is 1. The standard InChI is InChI=1S/C11H22NO7P/c1-9(2)11(13)18-7-6-17-10(8-12(3,4)5)19-20(14,15)16/h10H,1,6-8H2,2-5H3,(H-,14,15,16)/p+1. The van der Waals surface area contributed by atoms with Gasteiger partial charge in [0.2, 0.25) is 6.29 Å². The van der Waals surface area contributed by atoms with Crippen LogP contribution in [0.1, 0.15) is 6.92 Å². The second kappa shape index (κ2) is 7.87. The third-order valence-corrected chi connectivity index (χ3v) is 2.43. The summed E-state index contributed by atoms with van der Waals surface area (Å²) < 4.78 is 25.8. The smallest absolute Gasteiger partial charge is 0.460 e. The van der Waals surface area contributed by atoms with Gasteiger partial charge in [-0.25, -0.2) is 9.36 Å². The summed E-state index contributed by atoms with van der Waals surface area (Å²) >= 11 is 0. The predicted octanol–water partition coefficient (Wildman–Crippen LogP) is 0.264. The van der Waals surface area contributed by atoms with E-state index >= 15 is 0 Å². The first-order valence-electron chi connectivity index (χ1n) is 5.89. The summed E-state index contributed by atoms with van der Waals surface area (Å²) in [6, 6.07) is 0. The van der Waals surface area contributed by atoms with Crippen LogP contribution >= 0.6 is 7.82 Å². The molecule has 1 unspecified atom stereocenters. The summed E-state index contributed by atoms with van der Waals surface area (Å²) in [7, 11) is 0.812. The fraction of sp³-hybridized carbons (Fsp3) is 0.727. The number of hydrogen-bond acceptors (Lipinski definition) is 5. The molecule has 1 atom stereocenters. The van der Waals surface area contributed by atoms with E-state index in [1.165, 1.54) is 6.92 Å². The van der Waals surface area contributed by atoms with Crippen molar-refractivity contribution in [2.24, 2.45) is 0 Å². The maximum absolute atomic E-state index is 11.1. The van der Waals surface area contributed by atoms with E-state index in [-0.39, 0.29) is 25.3 Å². The van der Waals surface area contributed by atoms with Gasteiger partial charge in [-0.05, 0) is 6.92 Å². The number of phosphoric ester groups is 1. The molecule has 0 saturated heterocycles. The van der Waals surface area contributed by atoms with Crippen LogP contribution in [-0.4, -0.2) is 67.4 Å². The quantitative estimate of drug-likeness (QED) is 0.157. The average molecular weight is 312 g/mol. The zero-order valence-electron chi connectivity index (χ0n) is 12.2. The van der Waals surface area contributed by atoms with Gasteiger partial charge >= 0.3 is 13.8 Å². The number of ether oxygens (including phenoxy) is 2. The van der Waals surface area contributed by atoms with Crippen LogP contribution in [0.5, 0.6) is 0 Å². The molecule has 0 spiro atoms. The monoisotopic (exact) mass is 312 g/mol. The molecule has 0 aromatic heterocycles. The zero-order chi connectivity index (χ0) is 16.0. The van der Waals surface area contributed by atoms with Gasteiger partial charge in [0, 0.05) is 5.57 Å². The van der Waals surface area contributed by atoms with Crippen LogP contribution in [0.4, 0.5) is 0 Å². The van der Waals surface area contributed by atoms with Crippen molar-refractivity contribution in [1.82, 2.24) is 0 Å². The number of carbonyl (C=O) groups is 1. The fourth-order valence-corrected chi connectivity index (χ4v) is 1.59. The van der Waals surface area contributed by atoms with Crippen LogP contribution in [0.15, 0.2) is 12.2 Å². The number of carbonyl (C=O) groups excluding carboxylic acids is 1. The van der Waals surface area contributed by atoms with Crippen molar-refractivity contribution in [3.05, 3.63) is 12.2 Å². The van der Waals surface area contributed by atoms with Crippen LogP contribution in [0.25, 0.3) is 0 Å². The second-order valence-corrected chi connectivity index (χ2v) is 6.48. The molecule has 0 amide bonds. The Morgan fingerprint density at radius 1 is 1.30 bits per heavy atom. The molecule has 0 aliphatic heterocycles. The van der Waals surface area contributed by atoms with Gasteiger partial charge in [0.15, 0.2) is 0 Å². The first kappa shape index (κ1) is 19.2. The molecule has 0 aliphatic carbocycles. The van der Waals surface area contributed by atoms with E-state index in [4.69, 9.17) is 19.3 Å². The summed E-state index contributed by atoms with van der Waals surface area (Å²) in [5, 5.41) is 0. The van der Waals surface area contributed by atoms with Crippen molar-refractivity contribution < 1.29 is 37.6 Å². The van der Waals surface area contributed by atoms with E-state index in [1.54, 1.807) is 0 Å². The van der Waals surface area contributed by atoms with Crippen molar-refractivity contribution in [3.8, 4) is 0 Å². The van der Waals surface area contributed by atoms with E-state index < -0.39 is 20.1 Å². The molecule has 118 valence electrons. The Bertz CT molecular complexity index is 385. The Balaban J connectivity index is 4.27. The Hall–Kier alpha value is -0.760. The maximum atomic E-state index is 11.1. The van der Waals surface area contributed by atoms with Gasteiger partial charge in [0.1, 0.15) is 13.2 Å². The van der Waals surface area contributed by atoms with Gasteiger partial charge in [-0.3, -0.25) is 4.52 Å². The number of esters is 1. The summed E-state index contributed by atoms with van der Waals surface area (Å²) in [6.07, 6.45) is -1.10. The van der Waals surface area contributed by atoms with Crippen LogP contribution in [-0.2, 0) is 23.4 Å². The normalized spacial score (nSPS) is 13.9. The SMILES string of the molecule is C=C(C)C(=O)OCCOC(C[N+](C)(C)C)OP(=O)(O)O. The molecule has 0 aromatic rings. The van der Waals surface area contributed by atoms with E-state index in [9.17, 15) is 9.36 Å². The molecule has 9 heteroatoms. The van der Waals surface area contributed by atoms with Gasteiger partial charge in [-0.15, -0.1) is 0 Å². The molecule has 0 aliphatic rings. The van der Waals surface area contributed by atoms with E-state index in [1.807, 2.05) is 21.1 Å². The topological polar surface area (TPSA) is 102 Å². The molecular formula is C11H23NO7P+. The average Bonchev–Trinajstić information content (AvgIpc) is 2.18. The van der Waals surface area contributed by atoms with E-state index in [0.29, 0.717) is 4.48 Å². The highest BCUT2D eigenvalue weighted by Crippen LogP contribution is 2.38. The molecule has 0 radical (unpaired) electrons. The molecule has 0 rings (SSSR count). The van der Waals surface area contributed by atoms with Crippen molar-refractivity contribution in [1.29, 1.82) is 0 Å². The van der Waals surface area contributed by atoms with Gasteiger partial charge in [0.25, 0.3) is 0 Å². The lowest BCUT2D eigenvalue weighted by Crippen LogP contribution is -2.43. The molecule has 0 heterocycles. The molecule has 20 heavy (non-hydrogen) atoms. The van der Waals surface area contributed by atoms with Gasteiger partial charge in [-0.1, -0.05) is 6.58 Å². The van der Waals surface area contributed by atoms with Crippen molar-refractivity contribution in [3.63, 3.8) is 0 Å². The van der Waals surface area contributed by atoms with Crippen LogP contribution < -0.4 is 0 Å². The predicted molar refractivity (Wildman–Crippen MR) is 71.5 cm³/mol. The summed E-state index contributed by atoms with van der Waals surface area (Å²) in [5.74, 6) is -0.548. The van der Waals surface area contributed by atoms with Crippen molar-refractivity contribution in [2.45, 2.75) is 13.2 Å². The lowest BCUT2D eigenvalue weighted by atomic mass is 10.4. The number of nitrogens with zero attached hydrogens (tertiary/aromatic N) is 1. The molecule has 0 bridgehead atoms. The van der Waals surface area contributed by atoms with Gasteiger partial charge in [-0.2, -0.15) is 0 Å². The Morgan fingerprint density at radius 2 is 1.85 bits per heavy atom. The third-order valence-electron chi connectivity index (χ3n) is 1.92. The fourth-order valence-electron chi connectivity index (χ4n) is 1.15. The molecule has 0 saturated carbocycles. The summed E-state index contributed by atoms with van der Waals surface area (Å²) in [4.78, 5) is 28.7. The summed E-state index contributed by atoms with van der Waals surface area (Å²) in [6.45, 7) is 5.07. The highest BCUT2D eigenvalue weighted by Gasteiger charge is 2.27. The molecular weight excluding hydrogens is 289 g/mol. The van der Waals surface area contributed by atoms with Crippen molar-refractivity contribution in [2.75, 3.05) is 40.9 Å². The van der Waals surface area contributed by atoms with Crippen LogP contribution in [0.2, 0.25) is 0 Å². The number of hydrogen-bond donors (Lipinski definition) is 2. The van der Waals surface area contributed by atoms with Gasteiger partial charge < -0.3 is 23.7 Å². The van der Waals surface area contributed by atoms with Gasteiger partial charge in [0.05, 0.1) is 27.7 Å². The number of phosphoric acid groups is 1. The van der Waals surface area contributed by atoms with E-state index in [2.05, 4.69) is 11.1 Å². The minimum absolute atomic E-state index is 0.0380. The van der Waals surface area contributed by atoms with Crippen molar-refractivity contribution >= 4 is 13.8 Å². The minimum Gasteiger partial charge on any atom is -0.460 e. The second-order valence-electron chi connectivity index (χ2n) is 5.29. The summed E-state index contributed by atoms with van der Waals surface area (Å²) in [5.41, 5.74) is 0.263. The number of rotatable bonds is 9. The third kappa shape index (κ3) is 11.1. The van der Waals surface area contributed by atoms with E-state index in [0.717, 1.165) is 0 Å². The largest absolute Gasteiger partial charge is 0.472 e. The lowest BCUT2D eigenvalue weighted by Gasteiger charge is -2.28. The first-order chi connectivity index (χ1) is 8.91. The van der Waals surface area contributed by atoms with Crippen LogP contribution in [0.3, 0.4) is 0 Å². The minimum atomic E-state index is -4.65. The maximum Gasteiger partial charge on any atom is 0.472 e. The Kier molecular flexibility index (Phi) is 7.57. The van der Waals surface area contributed by atoms with Crippen LogP contribution in [0, 0.1) is 0 Å². The highest BCUT2D eigenvalue weighted by atomic mass is 31.2.